The first-order valence-electron chi connectivity index (χ1n) is 4.94. The van der Waals surface area contributed by atoms with E-state index in [2.05, 4.69) is 15.4 Å². The Morgan fingerprint density at radius 3 is 2.94 bits per heavy atom. The van der Waals surface area contributed by atoms with Gasteiger partial charge in [-0.15, -0.1) is 0 Å². The first-order valence-corrected chi connectivity index (χ1v) is 4.94. The molecule has 1 aromatic rings. The van der Waals surface area contributed by atoms with Crippen molar-refractivity contribution < 1.29 is 14.3 Å². The molecule has 1 aliphatic heterocycles. The number of nitriles is 1. The summed E-state index contributed by atoms with van der Waals surface area (Å²) in [5.74, 6) is -0.404. The Morgan fingerprint density at radius 2 is 2.29 bits per heavy atom. The SMILES string of the molecule is N#Cc1ccccc1NC(=O)C1COC(=O)N1. The topological polar surface area (TPSA) is 91.2 Å². The van der Waals surface area contributed by atoms with E-state index in [9.17, 15) is 9.59 Å². The number of nitrogens with zero attached hydrogens (tertiary/aromatic N) is 1. The number of hydrogen-bond donors (Lipinski definition) is 2. The number of ether oxygens (including phenoxy) is 1. The van der Waals surface area contributed by atoms with Crippen LogP contribution < -0.4 is 10.6 Å². The second-order valence-electron chi connectivity index (χ2n) is 3.44. The molecule has 0 spiro atoms. The maximum atomic E-state index is 11.7. The Hall–Kier alpha value is -2.55. The number of benzene rings is 1. The lowest BCUT2D eigenvalue weighted by Crippen LogP contribution is -2.38. The van der Waals surface area contributed by atoms with E-state index in [0.29, 0.717) is 11.3 Å². The minimum Gasteiger partial charge on any atom is -0.447 e. The maximum Gasteiger partial charge on any atom is 0.407 e. The highest BCUT2D eigenvalue weighted by atomic mass is 16.6. The molecule has 86 valence electrons. The zero-order valence-electron chi connectivity index (χ0n) is 8.77. The van der Waals surface area contributed by atoms with Crippen LogP contribution in [0.3, 0.4) is 0 Å². The normalized spacial score (nSPS) is 17.8. The number of carbonyl (C=O) groups is 2. The lowest BCUT2D eigenvalue weighted by molar-refractivity contribution is -0.117. The van der Waals surface area contributed by atoms with E-state index in [4.69, 9.17) is 5.26 Å². The highest BCUT2D eigenvalue weighted by Gasteiger charge is 2.28. The summed E-state index contributed by atoms with van der Waals surface area (Å²) in [7, 11) is 0. The molecule has 1 heterocycles. The zero-order chi connectivity index (χ0) is 12.3. The molecule has 1 unspecified atom stereocenters. The van der Waals surface area contributed by atoms with Crippen molar-refractivity contribution in [2.45, 2.75) is 6.04 Å². The predicted octanol–water partition coefficient (Wildman–Crippen LogP) is 0.605. The van der Waals surface area contributed by atoms with Crippen LogP contribution in [0.2, 0.25) is 0 Å². The number of carbonyl (C=O) groups excluding carboxylic acids is 2. The van der Waals surface area contributed by atoms with E-state index in [1.807, 2.05) is 6.07 Å². The number of para-hydroxylation sites is 1. The van der Waals surface area contributed by atoms with Gasteiger partial charge in [0.2, 0.25) is 0 Å². The fourth-order valence-electron chi connectivity index (χ4n) is 1.44. The van der Waals surface area contributed by atoms with Crippen LogP contribution in [0.5, 0.6) is 0 Å². The Bertz CT molecular complexity index is 507. The molecule has 1 saturated heterocycles. The molecule has 6 heteroatoms. The zero-order valence-corrected chi connectivity index (χ0v) is 8.77. The Balaban J connectivity index is 2.08. The fraction of sp³-hybridized carbons (Fsp3) is 0.182. The van der Waals surface area contributed by atoms with Gasteiger partial charge in [0, 0.05) is 0 Å². The molecule has 1 fully saturated rings. The molecule has 1 aromatic carbocycles. The van der Waals surface area contributed by atoms with Crippen molar-refractivity contribution >= 4 is 17.7 Å². The van der Waals surface area contributed by atoms with Gasteiger partial charge < -0.3 is 15.4 Å². The molecular formula is C11H9N3O3. The lowest BCUT2D eigenvalue weighted by Gasteiger charge is -2.09. The molecule has 0 aliphatic carbocycles. The molecule has 0 radical (unpaired) electrons. The van der Waals surface area contributed by atoms with Crippen LogP contribution in [0.4, 0.5) is 10.5 Å². The summed E-state index contributed by atoms with van der Waals surface area (Å²) >= 11 is 0. The molecule has 2 amide bonds. The van der Waals surface area contributed by atoms with Gasteiger partial charge in [-0.25, -0.2) is 4.79 Å². The highest BCUT2D eigenvalue weighted by Crippen LogP contribution is 2.14. The summed E-state index contributed by atoms with van der Waals surface area (Å²) in [5, 5.41) is 13.8. The summed E-state index contributed by atoms with van der Waals surface area (Å²) < 4.78 is 4.60. The van der Waals surface area contributed by atoms with Crippen LogP contribution >= 0.6 is 0 Å². The number of amides is 2. The fourth-order valence-corrected chi connectivity index (χ4v) is 1.44. The average molecular weight is 231 g/mol. The number of nitrogens with one attached hydrogen (secondary N) is 2. The van der Waals surface area contributed by atoms with E-state index in [-0.39, 0.29) is 6.61 Å². The molecule has 6 nitrogen and oxygen atoms in total. The Labute approximate surface area is 97.2 Å². The van der Waals surface area contributed by atoms with E-state index >= 15 is 0 Å². The monoisotopic (exact) mass is 231 g/mol. The summed E-state index contributed by atoms with van der Waals surface area (Å²) in [6.45, 7) is -0.000608. The number of anilines is 1. The van der Waals surface area contributed by atoms with E-state index in [1.165, 1.54) is 0 Å². The summed E-state index contributed by atoms with van der Waals surface area (Å²) in [5.41, 5.74) is 0.784. The second kappa shape index (κ2) is 4.53. The van der Waals surface area contributed by atoms with E-state index < -0.39 is 18.0 Å². The molecule has 0 bridgehead atoms. The van der Waals surface area contributed by atoms with Crippen molar-refractivity contribution in [3.63, 3.8) is 0 Å². The van der Waals surface area contributed by atoms with Crippen molar-refractivity contribution in [1.29, 1.82) is 5.26 Å². The minimum absolute atomic E-state index is 0.000608. The summed E-state index contributed by atoms with van der Waals surface area (Å²) in [4.78, 5) is 22.5. The van der Waals surface area contributed by atoms with Crippen molar-refractivity contribution in [3.05, 3.63) is 29.8 Å². The van der Waals surface area contributed by atoms with E-state index in [0.717, 1.165) is 0 Å². The molecule has 1 atom stereocenters. The first kappa shape index (κ1) is 11.0. The lowest BCUT2D eigenvalue weighted by atomic mass is 10.2. The minimum atomic E-state index is -0.714. The third-order valence-electron chi connectivity index (χ3n) is 2.30. The molecule has 0 saturated carbocycles. The van der Waals surface area contributed by atoms with Gasteiger partial charge in [0.05, 0.1) is 11.3 Å². The number of hydrogen-bond acceptors (Lipinski definition) is 4. The molecule has 17 heavy (non-hydrogen) atoms. The largest absolute Gasteiger partial charge is 0.447 e. The van der Waals surface area contributed by atoms with Gasteiger partial charge in [-0.2, -0.15) is 5.26 Å². The predicted molar refractivity (Wildman–Crippen MR) is 58.1 cm³/mol. The summed E-state index contributed by atoms with van der Waals surface area (Å²) in [6.07, 6.45) is -0.612. The number of alkyl carbamates (subject to hydrolysis) is 1. The van der Waals surface area contributed by atoms with Crippen molar-refractivity contribution in [2.75, 3.05) is 11.9 Å². The number of rotatable bonds is 2. The maximum absolute atomic E-state index is 11.7. The molecule has 1 aliphatic rings. The van der Waals surface area contributed by atoms with Crippen LogP contribution in [0.1, 0.15) is 5.56 Å². The molecule has 2 N–H and O–H groups in total. The van der Waals surface area contributed by atoms with Gasteiger partial charge in [-0.05, 0) is 12.1 Å². The van der Waals surface area contributed by atoms with Gasteiger partial charge in [0.1, 0.15) is 18.7 Å². The quantitative estimate of drug-likeness (QED) is 0.779. The molecule has 0 aromatic heterocycles. The van der Waals surface area contributed by atoms with Gasteiger partial charge in [-0.1, -0.05) is 12.1 Å². The van der Waals surface area contributed by atoms with Crippen LogP contribution in [0, 0.1) is 11.3 Å². The molecular weight excluding hydrogens is 222 g/mol. The third-order valence-corrected chi connectivity index (χ3v) is 2.30. The van der Waals surface area contributed by atoms with Gasteiger partial charge in [0.15, 0.2) is 0 Å². The molecule has 2 rings (SSSR count). The van der Waals surface area contributed by atoms with Gasteiger partial charge >= 0.3 is 6.09 Å². The van der Waals surface area contributed by atoms with Crippen LogP contribution in [0.15, 0.2) is 24.3 Å². The standard InChI is InChI=1S/C11H9N3O3/c12-5-7-3-1-2-4-8(7)13-10(15)9-6-17-11(16)14-9/h1-4,9H,6H2,(H,13,15)(H,14,16). The van der Waals surface area contributed by atoms with Crippen LogP contribution in [-0.4, -0.2) is 24.6 Å². The average Bonchev–Trinajstić information content (AvgIpc) is 2.77. The van der Waals surface area contributed by atoms with Crippen molar-refractivity contribution in [2.24, 2.45) is 0 Å². The number of cyclic esters (lactones) is 1. The summed E-state index contributed by atoms with van der Waals surface area (Å²) in [6, 6.07) is 7.88. The van der Waals surface area contributed by atoms with E-state index in [1.54, 1.807) is 24.3 Å². The van der Waals surface area contributed by atoms with Crippen LogP contribution in [-0.2, 0) is 9.53 Å². The Kier molecular flexibility index (Phi) is 2.92. The third kappa shape index (κ3) is 2.34. The first-order chi connectivity index (χ1) is 8.20. The van der Waals surface area contributed by atoms with Crippen LogP contribution in [0.25, 0.3) is 0 Å². The Morgan fingerprint density at radius 1 is 1.53 bits per heavy atom. The van der Waals surface area contributed by atoms with Gasteiger partial charge in [0.25, 0.3) is 5.91 Å². The van der Waals surface area contributed by atoms with Crippen molar-refractivity contribution in [1.82, 2.24) is 5.32 Å². The van der Waals surface area contributed by atoms with Gasteiger partial charge in [-0.3, -0.25) is 4.79 Å². The van der Waals surface area contributed by atoms with Crippen molar-refractivity contribution in [3.8, 4) is 6.07 Å². The second-order valence-corrected chi connectivity index (χ2v) is 3.44. The smallest absolute Gasteiger partial charge is 0.407 e. The highest BCUT2D eigenvalue weighted by molar-refractivity contribution is 5.98.